The van der Waals surface area contributed by atoms with E-state index >= 15 is 0 Å². The molecule has 0 aromatic heterocycles. The highest BCUT2D eigenvalue weighted by molar-refractivity contribution is 5.73. The predicted octanol–water partition coefficient (Wildman–Crippen LogP) is 2.11. The fourth-order valence-corrected chi connectivity index (χ4v) is 3.43. The van der Waals surface area contributed by atoms with Crippen molar-refractivity contribution in [2.45, 2.75) is 57.5 Å². The average molecular weight is 211 g/mol. The number of hydrogen-bond acceptors (Lipinski definition) is 2. The number of likely N-dealkylation sites (tertiary alicyclic amines) is 1. The maximum atomic E-state index is 11.2. The van der Waals surface area contributed by atoms with Crippen LogP contribution in [0, 0.1) is 5.92 Å². The number of rotatable bonds is 3. The van der Waals surface area contributed by atoms with E-state index in [1.807, 2.05) is 6.92 Å². The largest absolute Gasteiger partial charge is 0.480 e. The summed E-state index contributed by atoms with van der Waals surface area (Å²) < 4.78 is 0. The van der Waals surface area contributed by atoms with Gasteiger partial charge < -0.3 is 5.11 Å². The van der Waals surface area contributed by atoms with E-state index in [-0.39, 0.29) is 6.04 Å². The Morgan fingerprint density at radius 1 is 1.40 bits per heavy atom. The van der Waals surface area contributed by atoms with Gasteiger partial charge in [0.15, 0.2) is 0 Å². The number of fused-ring (bicyclic) bond motifs is 1. The molecule has 3 atom stereocenters. The minimum absolute atomic E-state index is 0.240. The van der Waals surface area contributed by atoms with E-state index in [1.54, 1.807) is 0 Å². The second kappa shape index (κ2) is 4.52. The van der Waals surface area contributed by atoms with Crippen LogP contribution in [0.2, 0.25) is 0 Å². The molecular weight excluding hydrogens is 190 g/mol. The molecule has 1 saturated carbocycles. The Morgan fingerprint density at radius 2 is 2.13 bits per heavy atom. The molecule has 0 bridgehead atoms. The summed E-state index contributed by atoms with van der Waals surface area (Å²) in [5, 5.41) is 9.20. The normalized spacial score (nSPS) is 33.7. The third kappa shape index (κ3) is 2.03. The van der Waals surface area contributed by atoms with Crippen LogP contribution < -0.4 is 0 Å². The second-order valence-corrected chi connectivity index (χ2v) is 4.90. The summed E-state index contributed by atoms with van der Waals surface area (Å²) in [6.45, 7) is 2.98. The van der Waals surface area contributed by atoms with E-state index in [1.165, 1.54) is 32.1 Å². The Balaban J connectivity index is 2.09. The van der Waals surface area contributed by atoms with Gasteiger partial charge in [-0.05, 0) is 44.6 Å². The number of hydrogen-bond donors (Lipinski definition) is 1. The number of piperidine rings is 1. The molecule has 1 saturated heterocycles. The van der Waals surface area contributed by atoms with Gasteiger partial charge in [0.2, 0.25) is 0 Å². The van der Waals surface area contributed by atoms with Crippen LogP contribution in [0.5, 0.6) is 0 Å². The number of carboxylic acid groups (broad SMARTS) is 1. The van der Waals surface area contributed by atoms with Gasteiger partial charge in [-0.2, -0.15) is 0 Å². The summed E-state index contributed by atoms with van der Waals surface area (Å²) in [5.74, 6) is 0.150. The van der Waals surface area contributed by atoms with E-state index < -0.39 is 5.97 Å². The Hall–Kier alpha value is -0.570. The highest BCUT2D eigenvalue weighted by atomic mass is 16.4. The monoisotopic (exact) mass is 211 g/mol. The van der Waals surface area contributed by atoms with E-state index in [4.69, 9.17) is 0 Å². The summed E-state index contributed by atoms with van der Waals surface area (Å²) in [5.41, 5.74) is 0. The molecule has 15 heavy (non-hydrogen) atoms. The van der Waals surface area contributed by atoms with Crippen molar-refractivity contribution < 1.29 is 9.90 Å². The van der Waals surface area contributed by atoms with Crippen LogP contribution in [0.25, 0.3) is 0 Å². The Morgan fingerprint density at radius 3 is 2.80 bits per heavy atom. The van der Waals surface area contributed by atoms with Crippen molar-refractivity contribution in [3.05, 3.63) is 0 Å². The number of carboxylic acids is 1. The first-order valence-corrected chi connectivity index (χ1v) is 6.22. The van der Waals surface area contributed by atoms with Gasteiger partial charge in [0.1, 0.15) is 6.04 Å². The van der Waals surface area contributed by atoms with Gasteiger partial charge in [0.05, 0.1) is 0 Å². The van der Waals surface area contributed by atoms with Gasteiger partial charge in [-0.3, -0.25) is 9.69 Å². The van der Waals surface area contributed by atoms with E-state index in [9.17, 15) is 9.90 Å². The van der Waals surface area contributed by atoms with E-state index in [2.05, 4.69) is 4.90 Å². The van der Waals surface area contributed by atoms with Crippen molar-refractivity contribution in [3.63, 3.8) is 0 Å². The Kier molecular flexibility index (Phi) is 3.29. The molecular formula is C12H21NO2. The molecule has 2 aliphatic rings. The third-order valence-corrected chi connectivity index (χ3v) is 4.11. The van der Waals surface area contributed by atoms with Gasteiger partial charge in [0, 0.05) is 6.04 Å². The first kappa shape index (κ1) is 10.9. The van der Waals surface area contributed by atoms with Gasteiger partial charge >= 0.3 is 5.97 Å². The molecule has 3 nitrogen and oxygen atoms in total. The Labute approximate surface area is 91.5 Å². The van der Waals surface area contributed by atoms with Crippen molar-refractivity contribution in [2.24, 2.45) is 5.92 Å². The summed E-state index contributed by atoms with van der Waals surface area (Å²) in [6.07, 6.45) is 7.06. The number of aliphatic carboxylic acids is 1. The Bertz CT molecular complexity index is 242. The van der Waals surface area contributed by atoms with E-state index in [0.717, 1.165) is 18.9 Å². The molecule has 1 aliphatic carbocycles. The lowest BCUT2D eigenvalue weighted by Gasteiger charge is -2.40. The van der Waals surface area contributed by atoms with Gasteiger partial charge in [-0.15, -0.1) is 0 Å². The van der Waals surface area contributed by atoms with Gasteiger partial charge in [-0.25, -0.2) is 0 Å². The smallest absolute Gasteiger partial charge is 0.320 e. The van der Waals surface area contributed by atoms with Crippen molar-refractivity contribution in [2.75, 3.05) is 6.54 Å². The zero-order valence-electron chi connectivity index (χ0n) is 9.48. The lowest BCUT2D eigenvalue weighted by Crippen LogP contribution is -2.51. The zero-order chi connectivity index (χ0) is 10.8. The molecule has 1 aliphatic heterocycles. The molecule has 1 N–H and O–H groups in total. The highest BCUT2D eigenvalue weighted by Gasteiger charge is 2.39. The van der Waals surface area contributed by atoms with Gasteiger partial charge in [0.25, 0.3) is 0 Å². The fourth-order valence-electron chi connectivity index (χ4n) is 3.43. The van der Waals surface area contributed by atoms with Crippen molar-refractivity contribution >= 4 is 5.97 Å². The molecule has 0 aromatic carbocycles. The van der Waals surface area contributed by atoms with Crippen molar-refractivity contribution in [1.82, 2.24) is 4.90 Å². The molecule has 3 heteroatoms. The molecule has 0 spiro atoms. The third-order valence-electron chi connectivity index (χ3n) is 4.11. The van der Waals surface area contributed by atoms with Crippen molar-refractivity contribution in [3.8, 4) is 0 Å². The molecule has 2 fully saturated rings. The van der Waals surface area contributed by atoms with Crippen LogP contribution in [0.3, 0.4) is 0 Å². The predicted molar refractivity (Wildman–Crippen MR) is 58.8 cm³/mol. The standard InChI is InChI=1S/C12H21NO2/c1-2-10(12(14)15)13-8-4-6-9-5-3-7-11(9)13/h9-11H,2-8H2,1H3,(H,14,15). The van der Waals surface area contributed by atoms with Crippen LogP contribution >= 0.6 is 0 Å². The first-order valence-electron chi connectivity index (χ1n) is 6.22. The lowest BCUT2D eigenvalue weighted by atomic mass is 9.90. The van der Waals surface area contributed by atoms with E-state index in [0.29, 0.717) is 6.04 Å². The minimum atomic E-state index is -0.634. The summed E-state index contributed by atoms with van der Waals surface area (Å²) in [6, 6.07) is 0.329. The zero-order valence-corrected chi connectivity index (χ0v) is 9.48. The first-order chi connectivity index (χ1) is 7.24. The summed E-state index contributed by atoms with van der Waals surface area (Å²) in [7, 11) is 0. The molecule has 3 unspecified atom stereocenters. The van der Waals surface area contributed by atoms with Crippen LogP contribution in [0.1, 0.15) is 45.4 Å². The van der Waals surface area contributed by atoms with Crippen molar-refractivity contribution in [1.29, 1.82) is 0 Å². The molecule has 0 radical (unpaired) electrons. The molecule has 0 amide bonds. The topological polar surface area (TPSA) is 40.5 Å². The fraction of sp³-hybridized carbons (Fsp3) is 0.917. The highest BCUT2D eigenvalue weighted by Crippen LogP contribution is 2.38. The molecule has 86 valence electrons. The maximum absolute atomic E-state index is 11.2. The molecule has 0 aromatic rings. The summed E-state index contributed by atoms with van der Waals surface area (Å²) >= 11 is 0. The van der Waals surface area contributed by atoms with Crippen LogP contribution in [0.4, 0.5) is 0 Å². The lowest BCUT2D eigenvalue weighted by molar-refractivity contribution is -0.145. The molecule has 1 heterocycles. The maximum Gasteiger partial charge on any atom is 0.320 e. The summed E-state index contributed by atoms with van der Waals surface area (Å²) in [4.78, 5) is 13.4. The quantitative estimate of drug-likeness (QED) is 0.777. The van der Waals surface area contributed by atoms with Gasteiger partial charge in [-0.1, -0.05) is 13.3 Å². The van der Waals surface area contributed by atoms with Crippen LogP contribution in [-0.4, -0.2) is 34.6 Å². The van der Waals surface area contributed by atoms with Crippen LogP contribution in [-0.2, 0) is 4.79 Å². The minimum Gasteiger partial charge on any atom is -0.480 e. The van der Waals surface area contributed by atoms with Crippen LogP contribution in [0.15, 0.2) is 0 Å². The SMILES string of the molecule is CCC(C(=O)O)N1CCCC2CCCC21. The number of carbonyl (C=O) groups is 1. The average Bonchev–Trinajstić information content (AvgIpc) is 2.66. The second-order valence-electron chi connectivity index (χ2n) is 4.90. The molecule has 2 rings (SSSR count). The number of nitrogens with zero attached hydrogens (tertiary/aromatic N) is 1.